The topological polar surface area (TPSA) is 42.9 Å². The molecule has 2 unspecified atom stereocenters. The number of guanidine groups is 1. The van der Waals surface area contributed by atoms with Gasteiger partial charge in [0, 0.05) is 57.7 Å². The van der Waals surface area contributed by atoms with Gasteiger partial charge in [-0.25, -0.2) is 0 Å². The van der Waals surface area contributed by atoms with Gasteiger partial charge in [-0.15, -0.1) is 35.3 Å². The zero-order valence-electron chi connectivity index (χ0n) is 16.7. The Kier molecular flexibility index (Phi) is 11.7. The van der Waals surface area contributed by atoms with Crippen LogP contribution >= 0.6 is 35.3 Å². The molecule has 26 heavy (non-hydrogen) atoms. The van der Waals surface area contributed by atoms with Crippen molar-refractivity contribution in [2.24, 2.45) is 16.8 Å². The number of hydrogen-bond acceptors (Lipinski definition) is 4. The monoisotopic (exact) mass is 493 g/mol. The lowest BCUT2D eigenvalue weighted by atomic mass is 10.1. The number of hydrogen-bond donors (Lipinski definition) is 2. The number of rotatable bonds is 8. The molecule has 0 amide bonds. The number of thiophene rings is 1. The van der Waals surface area contributed by atoms with E-state index in [9.17, 15) is 0 Å². The minimum absolute atomic E-state index is 0. The largest absolute Gasteiger partial charge is 0.356 e. The molecule has 1 aliphatic heterocycles. The summed E-state index contributed by atoms with van der Waals surface area (Å²) in [4.78, 5) is 10.8. The number of piperazine rings is 1. The maximum atomic E-state index is 4.36. The second-order valence-electron chi connectivity index (χ2n) is 7.43. The van der Waals surface area contributed by atoms with Crippen molar-refractivity contribution in [1.29, 1.82) is 0 Å². The lowest BCUT2D eigenvalue weighted by Gasteiger charge is -2.34. The van der Waals surface area contributed by atoms with E-state index < -0.39 is 0 Å². The van der Waals surface area contributed by atoms with Crippen LogP contribution in [0.2, 0.25) is 0 Å². The fourth-order valence-corrected chi connectivity index (χ4v) is 4.01. The van der Waals surface area contributed by atoms with Gasteiger partial charge in [0.15, 0.2) is 5.96 Å². The summed E-state index contributed by atoms with van der Waals surface area (Å²) < 4.78 is 0. The van der Waals surface area contributed by atoms with Crippen LogP contribution in [0.1, 0.15) is 18.7 Å². The average molecular weight is 494 g/mol. The average Bonchev–Trinajstić information content (AvgIpc) is 3.10. The van der Waals surface area contributed by atoms with Gasteiger partial charge in [-0.05, 0) is 36.8 Å². The SMILES string of the molecule is CN=C(NCC(C)Cc1cccs1)NCC(C)CN1CCN(C)CC1.I. The summed E-state index contributed by atoms with van der Waals surface area (Å²) in [5, 5.41) is 9.11. The van der Waals surface area contributed by atoms with Crippen molar-refractivity contribution in [3.63, 3.8) is 0 Å². The van der Waals surface area contributed by atoms with Crippen LogP contribution in [0, 0.1) is 11.8 Å². The molecular formula is C19H36IN5S. The Bertz CT molecular complexity index is 500. The first-order valence-corrected chi connectivity index (χ1v) is 10.3. The Balaban J connectivity index is 0.00000338. The van der Waals surface area contributed by atoms with E-state index >= 15 is 0 Å². The maximum absolute atomic E-state index is 4.36. The highest BCUT2D eigenvalue weighted by Crippen LogP contribution is 2.13. The summed E-state index contributed by atoms with van der Waals surface area (Å²) in [5.41, 5.74) is 0. The maximum Gasteiger partial charge on any atom is 0.190 e. The highest BCUT2D eigenvalue weighted by atomic mass is 127. The molecule has 2 rings (SSSR count). The molecular weight excluding hydrogens is 457 g/mol. The number of likely N-dealkylation sites (N-methyl/N-ethyl adjacent to an activating group) is 1. The van der Waals surface area contributed by atoms with Crippen LogP contribution < -0.4 is 10.6 Å². The molecule has 150 valence electrons. The zero-order chi connectivity index (χ0) is 18.1. The second kappa shape index (κ2) is 12.9. The minimum Gasteiger partial charge on any atom is -0.356 e. The molecule has 7 heteroatoms. The molecule has 1 aromatic heterocycles. The normalized spacial score (nSPS) is 18.8. The van der Waals surface area contributed by atoms with E-state index in [1.165, 1.54) is 31.1 Å². The number of halogens is 1. The molecule has 0 aliphatic carbocycles. The van der Waals surface area contributed by atoms with Crippen molar-refractivity contribution >= 4 is 41.3 Å². The van der Waals surface area contributed by atoms with E-state index in [2.05, 4.69) is 63.8 Å². The Labute approximate surface area is 180 Å². The summed E-state index contributed by atoms with van der Waals surface area (Å²) in [5.74, 6) is 2.13. The van der Waals surface area contributed by atoms with Gasteiger partial charge in [0.05, 0.1) is 0 Å². The fraction of sp³-hybridized carbons (Fsp3) is 0.737. The van der Waals surface area contributed by atoms with E-state index in [1.54, 1.807) is 0 Å². The molecule has 1 aromatic rings. The first-order chi connectivity index (χ1) is 12.1. The molecule has 0 saturated carbocycles. The van der Waals surface area contributed by atoms with Crippen LogP contribution in [0.5, 0.6) is 0 Å². The predicted molar refractivity (Wildman–Crippen MR) is 125 cm³/mol. The summed E-state index contributed by atoms with van der Waals surface area (Å²) in [6, 6.07) is 4.34. The molecule has 2 atom stereocenters. The summed E-state index contributed by atoms with van der Waals surface area (Å²) >= 11 is 1.84. The van der Waals surface area contributed by atoms with Gasteiger partial charge in [0.2, 0.25) is 0 Å². The van der Waals surface area contributed by atoms with Gasteiger partial charge < -0.3 is 20.4 Å². The molecule has 0 spiro atoms. The fourth-order valence-electron chi connectivity index (χ4n) is 3.14. The van der Waals surface area contributed by atoms with Crippen molar-refractivity contribution in [3.05, 3.63) is 22.4 Å². The Morgan fingerprint density at radius 1 is 1.15 bits per heavy atom. The third kappa shape index (κ3) is 9.01. The van der Waals surface area contributed by atoms with Crippen LogP contribution in [-0.4, -0.2) is 75.7 Å². The van der Waals surface area contributed by atoms with E-state index in [-0.39, 0.29) is 24.0 Å². The number of nitrogens with one attached hydrogen (secondary N) is 2. The van der Waals surface area contributed by atoms with Crippen molar-refractivity contribution in [3.8, 4) is 0 Å². The van der Waals surface area contributed by atoms with Gasteiger partial charge in [-0.2, -0.15) is 0 Å². The third-order valence-corrected chi connectivity index (χ3v) is 5.65. The van der Waals surface area contributed by atoms with Crippen molar-refractivity contribution in [2.45, 2.75) is 20.3 Å². The summed E-state index contributed by atoms with van der Waals surface area (Å²) in [6.07, 6.45) is 1.13. The van der Waals surface area contributed by atoms with Gasteiger partial charge in [-0.3, -0.25) is 4.99 Å². The highest BCUT2D eigenvalue weighted by Gasteiger charge is 2.16. The van der Waals surface area contributed by atoms with E-state index in [0.29, 0.717) is 11.8 Å². The molecule has 2 N–H and O–H groups in total. The third-order valence-electron chi connectivity index (χ3n) is 4.76. The van der Waals surface area contributed by atoms with E-state index in [4.69, 9.17) is 0 Å². The molecule has 5 nitrogen and oxygen atoms in total. The van der Waals surface area contributed by atoms with Crippen LogP contribution in [0.15, 0.2) is 22.5 Å². The molecule has 1 aliphatic rings. The second-order valence-corrected chi connectivity index (χ2v) is 8.46. The first-order valence-electron chi connectivity index (χ1n) is 9.44. The van der Waals surface area contributed by atoms with Crippen LogP contribution in [0.4, 0.5) is 0 Å². The van der Waals surface area contributed by atoms with E-state index in [0.717, 1.165) is 32.0 Å². The zero-order valence-corrected chi connectivity index (χ0v) is 19.8. The number of aliphatic imine (C=N–C) groups is 1. The molecule has 1 saturated heterocycles. The first kappa shape index (κ1) is 23.7. The van der Waals surface area contributed by atoms with Crippen molar-refractivity contribution < 1.29 is 0 Å². The standard InChI is InChI=1S/C19H35N5S.HI/c1-16(12-18-6-5-11-25-18)13-21-19(20-3)22-14-17(2)15-24-9-7-23(4)8-10-24;/h5-6,11,16-17H,7-10,12-15H2,1-4H3,(H2,20,21,22);1H. The lowest BCUT2D eigenvalue weighted by molar-refractivity contribution is 0.139. The van der Waals surface area contributed by atoms with Gasteiger partial charge in [0.25, 0.3) is 0 Å². The van der Waals surface area contributed by atoms with Gasteiger partial charge in [0.1, 0.15) is 0 Å². The quantitative estimate of drug-likeness (QED) is 0.332. The molecule has 2 heterocycles. The summed E-state index contributed by atoms with van der Waals surface area (Å²) in [7, 11) is 4.06. The Morgan fingerprint density at radius 2 is 1.81 bits per heavy atom. The molecule has 1 fully saturated rings. The van der Waals surface area contributed by atoms with Crippen molar-refractivity contribution in [2.75, 3.05) is 59.9 Å². The Hall–Kier alpha value is -0.380. The molecule has 0 aromatic carbocycles. The van der Waals surface area contributed by atoms with Crippen LogP contribution in [0.3, 0.4) is 0 Å². The van der Waals surface area contributed by atoms with Gasteiger partial charge in [-0.1, -0.05) is 19.9 Å². The number of nitrogens with zero attached hydrogens (tertiary/aromatic N) is 3. The lowest BCUT2D eigenvalue weighted by Crippen LogP contribution is -2.47. The van der Waals surface area contributed by atoms with Gasteiger partial charge >= 0.3 is 0 Å². The smallest absolute Gasteiger partial charge is 0.190 e. The summed E-state index contributed by atoms with van der Waals surface area (Å²) in [6.45, 7) is 12.4. The van der Waals surface area contributed by atoms with Crippen molar-refractivity contribution in [1.82, 2.24) is 20.4 Å². The Morgan fingerprint density at radius 3 is 2.38 bits per heavy atom. The minimum atomic E-state index is 0. The molecule has 0 radical (unpaired) electrons. The van der Waals surface area contributed by atoms with Crippen LogP contribution in [0.25, 0.3) is 0 Å². The van der Waals surface area contributed by atoms with E-state index in [1.807, 2.05) is 18.4 Å². The van der Waals surface area contributed by atoms with Crippen LogP contribution in [-0.2, 0) is 6.42 Å². The molecule has 0 bridgehead atoms. The highest BCUT2D eigenvalue weighted by molar-refractivity contribution is 14.0. The predicted octanol–water partition coefficient (Wildman–Crippen LogP) is 2.59.